The van der Waals surface area contributed by atoms with E-state index in [1.165, 1.54) is 0 Å². The van der Waals surface area contributed by atoms with Crippen LogP contribution < -0.4 is 0 Å². The summed E-state index contributed by atoms with van der Waals surface area (Å²) in [5, 5.41) is 1.07. The molecule has 1 aliphatic heterocycles. The molecule has 1 atom stereocenters. The maximum absolute atomic E-state index is 13.0. The first-order valence-electron chi connectivity index (χ1n) is 7.69. The monoisotopic (exact) mass is 285 g/mol. The number of carbonyl (C=O) groups is 1. The third-order valence-electron chi connectivity index (χ3n) is 4.45. The molecule has 1 aromatic heterocycles. The van der Waals surface area contributed by atoms with Crippen molar-refractivity contribution in [2.75, 3.05) is 26.7 Å². The van der Waals surface area contributed by atoms with E-state index < -0.39 is 0 Å². The number of nitrogens with zero attached hydrogens (tertiary/aromatic N) is 3. The minimum Gasteiger partial charge on any atom is -0.347 e. The average molecular weight is 285 g/mol. The average Bonchev–Trinajstić information content (AvgIpc) is 2.85. The summed E-state index contributed by atoms with van der Waals surface area (Å²) >= 11 is 0. The van der Waals surface area contributed by atoms with Crippen LogP contribution in [0.5, 0.6) is 0 Å². The summed E-state index contributed by atoms with van der Waals surface area (Å²) in [5.74, 6) is 0.166. The zero-order chi connectivity index (χ0) is 15.0. The summed E-state index contributed by atoms with van der Waals surface area (Å²) in [6, 6.07) is 8.44. The van der Waals surface area contributed by atoms with E-state index in [1.807, 2.05) is 23.2 Å². The standard InChI is InChI=1S/C17H23N3O/c1-4-19-12-15(14-7-5-6-8-16(14)19)17(21)20-10-9-18(3)11-13(20)2/h5-8,12-13H,4,9-11H2,1-3H3. The van der Waals surface area contributed by atoms with Crippen LogP contribution in [0.15, 0.2) is 30.5 Å². The number of aromatic nitrogens is 1. The lowest BCUT2D eigenvalue weighted by Crippen LogP contribution is -2.52. The lowest BCUT2D eigenvalue weighted by atomic mass is 10.1. The molecule has 0 aliphatic carbocycles. The molecule has 0 N–H and O–H groups in total. The van der Waals surface area contributed by atoms with Crippen molar-refractivity contribution < 1.29 is 4.79 Å². The molecule has 2 heterocycles. The third kappa shape index (κ3) is 2.44. The Morgan fingerprint density at radius 3 is 2.76 bits per heavy atom. The third-order valence-corrected chi connectivity index (χ3v) is 4.45. The minimum absolute atomic E-state index is 0.166. The fraction of sp³-hybridized carbons (Fsp3) is 0.471. The first-order chi connectivity index (χ1) is 10.1. The van der Waals surface area contributed by atoms with E-state index in [-0.39, 0.29) is 11.9 Å². The van der Waals surface area contributed by atoms with Crippen LogP contribution in [-0.2, 0) is 6.54 Å². The quantitative estimate of drug-likeness (QED) is 0.848. The van der Waals surface area contributed by atoms with Gasteiger partial charge < -0.3 is 14.4 Å². The molecule has 0 bridgehead atoms. The van der Waals surface area contributed by atoms with Crippen LogP contribution in [0.25, 0.3) is 10.9 Å². The van der Waals surface area contributed by atoms with Crippen LogP contribution in [0.2, 0.25) is 0 Å². The van der Waals surface area contributed by atoms with Crippen molar-refractivity contribution in [3.8, 4) is 0 Å². The van der Waals surface area contributed by atoms with Gasteiger partial charge in [-0.3, -0.25) is 4.79 Å². The van der Waals surface area contributed by atoms with E-state index in [9.17, 15) is 4.79 Å². The fourth-order valence-electron chi connectivity index (χ4n) is 3.27. The molecule has 1 amide bonds. The first kappa shape index (κ1) is 14.1. The fourth-order valence-corrected chi connectivity index (χ4v) is 3.27. The van der Waals surface area contributed by atoms with Crippen LogP contribution in [0.4, 0.5) is 0 Å². The Morgan fingerprint density at radius 2 is 2.05 bits per heavy atom. The highest BCUT2D eigenvalue weighted by molar-refractivity contribution is 6.07. The Kier molecular flexibility index (Phi) is 3.72. The number of para-hydroxylation sites is 1. The highest BCUT2D eigenvalue weighted by Crippen LogP contribution is 2.24. The zero-order valence-corrected chi connectivity index (χ0v) is 13.0. The van der Waals surface area contributed by atoms with E-state index in [0.717, 1.165) is 42.6 Å². The molecule has 0 radical (unpaired) electrons. The minimum atomic E-state index is 0.166. The summed E-state index contributed by atoms with van der Waals surface area (Å²) in [6.45, 7) is 7.82. The van der Waals surface area contributed by atoms with Crippen molar-refractivity contribution in [1.82, 2.24) is 14.4 Å². The van der Waals surface area contributed by atoms with Gasteiger partial charge in [-0.2, -0.15) is 0 Å². The molecule has 2 aromatic rings. The lowest BCUT2D eigenvalue weighted by molar-refractivity contribution is 0.0535. The number of fused-ring (bicyclic) bond motifs is 1. The molecule has 0 spiro atoms. The number of likely N-dealkylation sites (N-methyl/N-ethyl adjacent to an activating group) is 1. The van der Waals surface area contributed by atoms with Crippen molar-refractivity contribution in [1.29, 1.82) is 0 Å². The number of aryl methyl sites for hydroxylation is 1. The van der Waals surface area contributed by atoms with Crippen LogP contribution >= 0.6 is 0 Å². The van der Waals surface area contributed by atoms with Crippen molar-refractivity contribution in [2.45, 2.75) is 26.4 Å². The topological polar surface area (TPSA) is 28.5 Å². The van der Waals surface area contributed by atoms with Gasteiger partial charge in [0, 0.05) is 49.3 Å². The zero-order valence-electron chi connectivity index (χ0n) is 13.0. The molecule has 1 unspecified atom stereocenters. The largest absolute Gasteiger partial charge is 0.347 e. The molecule has 4 heteroatoms. The summed E-state index contributed by atoms with van der Waals surface area (Å²) in [5.41, 5.74) is 1.98. The van der Waals surface area contributed by atoms with Crippen molar-refractivity contribution in [3.63, 3.8) is 0 Å². The molecule has 1 fully saturated rings. The van der Waals surface area contributed by atoms with E-state index in [2.05, 4.69) is 42.5 Å². The van der Waals surface area contributed by atoms with Crippen LogP contribution in [0.3, 0.4) is 0 Å². The number of amides is 1. The summed E-state index contributed by atoms with van der Waals surface area (Å²) in [6.07, 6.45) is 2.01. The lowest BCUT2D eigenvalue weighted by Gasteiger charge is -2.38. The predicted molar refractivity (Wildman–Crippen MR) is 85.6 cm³/mol. The molecule has 1 aliphatic rings. The van der Waals surface area contributed by atoms with E-state index >= 15 is 0 Å². The normalized spacial score (nSPS) is 20.1. The molecular weight excluding hydrogens is 262 g/mol. The van der Waals surface area contributed by atoms with Gasteiger partial charge in [0.15, 0.2) is 0 Å². The number of carbonyl (C=O) groups excluding carboxylic acids is 1. The molecule has 1 saturated heterocycles. The molecule has 112 valence electrons. The second kappa shape index (κ2) is 5.53. The van der Waals surface area contributed by atoms with Gasteiger partial charge in [-0.15, -0.1) is 0 Å². The van der Waals surface area contributed by atoms with Crippen molar-refractivity contribution in [3.05, 3.63) is 36.0 Å². The summed E-state index contributed by atoms with van der Waals surface area (Å²) in [7, 11) is 2.11. The highest BCUT2D eigenvalue weighted by Gasteiger charge is 2.28. The Morgan fingerprint density at radius 1 is 1.29 bits per heavy atom. The molecular formula is C17H23N3O. The van der Waals surface area contributed by atoms with Gasteiger partial charge in [-0.05, 0) is 27.0 Å². The van der Waals surface area contributed by atoms with Crippen molar-refractivity contribution in [2.24, 2.45) is 0 Å². The number of hydrogen-bond donors (Lipinski definition) is 0. The smallest absolute Gasteiger partial charge is 0.256 e. The molecule has 1 aromatic carbocycles. The summed E-state index contributed by atoms with van der Waals surface area (Å²) in [4.78, 5) is 17.3. The van der Waals surface area contributed by atoms with Crippen molar-refractivity contribution >= 4 is 16.8 Å². The highest BCUT2D eigenvalue weighted by atomic mass is 16.2. The summed E-state index contributed by atoms with van der Waals surface area (Å²) < 4.78 is 2.16. The van der Waals surface area contributed by atoms with Gasteiger partial charge in [-0.1, -0.05) is 18.2 Å². The Bertz CT molecular complexity index is 661. The molecule has 3 rings (SSSR count). The van der Waals surface area contributed by atoms with Crippen LogP contribution in [0, 0.1) is 0 Å². The van der Waals surface area contributed by atoms with Gasteiger partial charge in [-0.25, -0.2) is 0 Å². The Balaban J connectivity index is 1.98. The predicted octanol–water partition coefficient (Wildman–Crippen LogP) is 2.44. The van der Waals surface area contributed by atoms with Crippen LogP contribution in [0.1, 0.15) is 24.2 Å². The van der Waals surface area contributed by atoms with E-state index in [4.69, 9.17) is 0 Å². The number of piperazine rings is 1. The first-order valence-corrected chi connectivity index (χ1v) is 7.69. The van der Waals surface area contributed by atoms with Gasteiger partial charge >= 0.3 is 0 Å². The van der Waals surface area contributed by atoms with Gasteiger partial charge in [0.2, 0.25) is 0 Å². The second-order valence-electron chi connectivity index (χ2n) is 5.96. The van der Waals surface area contributed by atoms with E-state index in [1.54, 1.807) is 0 Å². The number of hydrogen-bond acceptors (Lipinski definition) is 2. The van der Waals surface area contributed by atoms with Crippen LogP contribution in [-0.4, -0.2) is 53.0 Å². The van der Waals surface area contributed by atoms with Gasteiger partial charge in [0.25, 0.3) is 5.91 Å². The molecule has 21 heavy (non-hydrogen) atoms. The van der Waals surface area contributed by atoms with E-state index in [0.29, 0.717) is 0 Å². The SMILES string of the molecule is CCn1cc(C(=O)N2CCN(C)CC2C)c2ccccc21. The maximum atomic E-state index is 13.0. The Labute approximate surface area is 125 Å². The number of benzene rings is 1. The van der Waals surface area contributed by atoms with Gasteiger partial charge in [0.05, 0.1) is 5.56 Å². The maximum Gasteiger partial charge on any atom is 0.256 e. The Hall–Kier alpha value is -1.81. The van der Waals surface area contributed by atoms with Gasteiger partial charge in [0.1, 0.15) is 0 Å². The molecule has 0 saturated carbocycles. The second-order valence-corrected chi connectivity index (χ2v) is 5.96. The number of rotatable bonds is 2. The molecule has 4 nitrogen and oxygen atoms in total.